The zero-order chi connectivity index (χ0) is 20.9. The number of rotatable bonds is 6. The van der Waals surface area contributed by atoms with Crippen LogP contribution in [0.2, 0.25) is 0 Å². The number of hydrogen-bond donors (Lipinski definition) is 2. The van der Waals surface area contributed by atoms with Gasteiger partial charge in [0.15, 0.2) is 5.82 Å². The smallest absolute Gasteiger partial charge is 0.254 e. The van der Waals surface area contributed by atoms with Crippen LogP contribution in [0.5, 0.6) is 0 Å². The van der Waals surface area contributed by atoms with Crippen LogP contribution in [0, 0.1) is 22.7 Å². The molecule has 3 N–H and O–H groups in total. The van der Waals surface area contributed by atoms with Gasteiger partial charge < -0.3 is 11.1 Å². The Morgan fingerprint density at radius 3 is 2.43 bits per heavy atom. The first-order valence-electron chi connectivity index (χ1n) is 11.3. The van der Waals surface area contributed by atoms with Crippen LogP contribution in [0.3, 0.4) is 0 Å². The third-order valence-corrected chi connectivity index (χ3v) is 7.96. The van der Waals surface area contributed by atoms with Crippen molar-refractivity contribution in [3.63, 3.8) is 0 Å². The molecule has 0 bridgehead atoms. The number of likely N-dealkylation sites (tertiary alicyclic amines) is 1. The van der Waals surface area contributed by atoms with Crippen LogP contribution in [-0.4, -0.2) is 45.6 Å². The van der Waals surface area contributed by atoms with E-state index >= 15 is 0 Å². The number of amides is 2. The monoisotopic (exact) mass is 410 g/mol. The molecule has 2 heterocycles. The number of nitrogens with one attached hydrogen (secondary N) is 1. The number of nitrogens with zero attached hydrogens (tertiary/aromatic N) is 4. The Hall–Kier alpha value is -2.40. The topological polar surface area (TPSA) is 117 Å². The second-order valence-electron chi connectivity index (χ2n) is 10.0. The van der Waals surface area contributed by atoms with Crippen LogP contribution in [0.25, 0.3) is 0 Å². The maximum absolute atomic E-state index is 12.2. The van der Waals surface area contributed by atoms with Gasteiger partial charge in [-0.05, 0) is 56.8 Å². The molecule has 160 valence electrons. The SMILES string of the molecule is N#CCC1(n2cc(C(N)=O)c(NC(=O)C3CC3)n2)CCC(N2CC3(CCC3)C2)CC1. The fourth-order valence-corrected chi connectivity index (χ4v) is 5.66. The molecule has 5 rings (SSSR count). The van der Waals surface area contributed by atoms with Crippen LogP contribution in [-0.2, 0) is 10.3 Å². The summed E-state index contributed by atoms with van der Waals surface area (Å²) in [6.45, 7) is 2.46. The summed E-state index contributed by atoms with van der Waals surface area (Å²) in [7, 11) is 0. The van der Waals surface area contributed by atoms with Gasteiger partial charge in [-0.1, -0.05) is 6.42 Å². The van der Waals surface area contributed by atoms with Gasteiger partial charge in [-0.2, -0.15) is 10.4 Å². The van der Waals surface area contributed by atoms with Crippen LogP contribution in [0.4, 0.5) is 5.82 Å². The lowest BCUT2D eigenvalue weighted by Gasteiger charge is -2.59. The molecule has 1 aromatic heterocycles. The highest BCUT2D eigenvalue weighted by Gasteiger charge is 2.50. The minimum absolute atomic E-state index is 0.00914. The first-order valence-corrected chi connectivity index (χ1v) is 11.3. The second-order valence-corrected chi connectivity index (χ2v) is 10.0. The molecule has 30 heavy (non-hydrogen) atoms. The molecule has 4 aliphatic rings. The van der Waals surface area contributed by atoms with Crippen molar-refractivity contribution < 1.29 is 9.59 Å². The van der Waals surface area contributed by atoms with Gasteiger partial charge in [0.2, 0.25) is 5.91 Å². The molecule has 3 aliphatic carbocycles. The normalized spacial score (nSPS) is 30.2. The molecule has 8 heteroatoms. The number of nitrogens with two attached hydrogens (primary N) is 1. The standard InChI is InChI=1S/C22H30N6O2/c23-11-10-22(8-4-16(5-9-22)27-13-21(14-27)6-1-7-21)28-12-17(18(24)29)19(26-28)25-20(30)15-2-3-15/h12,15-16H,1-10,13-14H2,(H2,24,29)(H,25,26,30). The Labute approximate surface area is 176 Å². The molecule has 1 spiro atoms. The lowest BCUT2D eigenvalue weighted by Crippen LogP contribution is -2.63. The molecule has 1 aromatic rings. The van der Waals surface area contributed by atoms with Crippen molar-refractivity contribution in [1.29, 1.82) is 5.26 Å². The van der Waals surface area contributed by atoms with E-state index in [9.17, 15) is 14.9 Å². The number of nitriles is 1. The predicted molar refractivity (Wildman–Crippen MR) is 110 cm³/mol. The summed E-state index contributed by atoms with van der Waals surface area (Å²) in [6.07, 6.45) is 11.6. The van der Waals surface area contributed by atoms with Crippen LogP contribution in [0.15, 0.2) is 6.20 Å². The van der Waals surface area contributed by atoms with E-state index in [-0.39, 0.29) is 23.2 Å². The van der Waals surface area contributed by atoms with Gasteiger partial charge in [-0.15, -0.1) is 0 Å². The number of carbonyl (C=O) groups excluding carboxylic acids is 2. The number of primary amides is 1. The summed E-state index contributed by atoms with van der Waals surface area (Å²) in [6, 6.07) is 2.90. The van der Waals surface area contributed by atoms with Crippen LogP contribution < -0.4 is 11.1 Å². The fourth-order valence-electron chi connectivity index (χ4n) is 5.66. The first kappa shape index (κ1) is 19.6. The quantitative estimate of drug-likeness (QED) is 0.747. The van der Waals surface area contributed by atoms with Crippen molar-refractivity contribution in [2.75, 3.05) is 18.4 Å². The molecule has 1 saturated heterocycles. The van der Waals surface area contributed by atoms with Gasteiger partial charge in [0.25, 0.3) is 5.91 Å². The van der Waals surface area contributed by atoms with Gasteiger partial charge in [-0.25, -0.2) is 0 Å². The number of anilines is 1. The van der Waals surface area contributed by atoms with Gasteiger partial charge in [0, 0.05) is 31.2 Å². The summed E-state index contributed by atoms with van der Waals surface area (Å²) in [5.74, 6) is -0.480. The lowest BCUT2D eigenvalue weighted by molar-refractivity contribution is -0.117. The van der Waals surface area contributed by atoms with Crippen molar-refractivity contribution in [1.82, 2.24) is 14.7 Å². The third-order valence-electron chi connectivity index (χ3n) is 7.96. The Bertz CT molecular complexity index is 891. The number of aromatic nitrogens is 2. The van der Waals surface area contributed by atoms with Crippen molar-refractivity contribution in [3.05, 3.63) is 11.8 Å². The average Bonchev–Trinajstić information content (AvgIpc) is 3.41. The van der Waals surface area contributed by atoms with E-state index in [1.807, 2.05) is 0 Å². The molecule has 8 nitrogen and oxygen atoms in total. The molecule has 2 amide bonds. The predicted octanol–water partition coefficient (Wildman–Crippen LogP) is 2.37. The molecule has 0 radical (unpaired) electrons. The van der Waals surface area contributed by atoms with Crippen molar-refractivity contribution >= 4 is 17.6 Å². The zero-order valence-corrected chi connectivity index (χ0v) is 17.4. The Morgan fingerprint density at radius 1 is 1.20 bits per heavy atom. The molecule has 3 saturated carbocycles. The Kier molecular flexibility index (Phi) is 4.62. The molecular weight excluding hydrogens is 380 g/mol. The highest BCUT2D eigenvalue weighted by molar-refractivity contribution is 6.02. The van der Waals surface area contributed by atoms with E-state index < -0.39 is 11.4 Å². The third kappa shape index (κ3) is 3.29. The maximum atomic E-state index is 12.2. The van der Waals surface area contributed by atoms with E-state index in [2.05, 4.69) is 21.4 Å². The summed E-state index contributed by atoms with van der Waals surface area (Å²) in [5.41, 5.74) is 5.95. The molecule has 1 aliphatic heterocycles. The van der Waals surface area contributed by atoms with Gasteiger partial charge in [0.05, 0.1) is 18.0 Å². The van der Waals surface area contributed by atoms with Gasteiger partial charge in [0.1, 0.15) is 5.56 Å². The summed E-state index contributed by atoms with van der Waals surface area (Å²) < 4.78 is 1.75. The first-order chi connectivity index (χ1) is 14.4. The number of hydrogen-bond acceptors (Lipinski definition) is 5. The largest absolute Gasteiger partial charge is 0.365 e. The molecule has 4 fully saturated rings. The second kappa shape index (κ2) is 7.09. The van der Waals surface area contributed by atoms with E-state index in [4.69, 9.17) is 5.73 Å². The highest BCUT2D eigenvalue weighted by Crippen LogP contribution is 2.51. The average molecular weight is 411 g/mol. The lowest BCUT2D eigenvalue weighted by atomic mass is 9.62. The van der Waals surface area contributed by atoms with Crippen LogP contribution in [0.1, 0.15) is 74.6 Å². The van der Waals surface area contributed by atoms with Gasteiger partial charge >= 0.3 is 0 Å². The fraction of sp³-hybridized carbons (Fsp3) is 0.727. The zero-order valence-electron chi connectivity index (χ0n) is 17.4. The van der Waals surface area contributed by atoms with E-state index in [1.54, 1.807) is 10.9 Å². The van der Waals surface area contributed by atoms with E-state index in [0.717, 1.165) is 38.5 Å². The maximum Gasteiger partial charge on any atom is 0.254 e. The highest BCUT2D eigenvalue weighted by atomic mass is 16.2. The molecule has 0 unspecified atom stereocenters. The minimum atomic E-state index is -0.612. The van der Waals surface area contributed by atoms with E-state index in [1.165, 1.54) is 32.4 Å². The van der Waals surface area contributed by atoms with Gasteiger partial charge in [-0.3, -0.25) is 19.2 Å². The summed E-state index contributed by atoms with van der Waals surface area (Å²) in [5, 5.41) is 16.9. The van der Waals surface area contributed by atoms with E-state index in [0.29, 0.717) is 17.9 Å². The molecular formula is C22H30N6O2. The summed E-state index contributed by atoms with van der Waals surface area (Å²) in [4.78, 5) is 26.8. The van der Waals surface area contributed by atoms with Crippen molar-refractivity contribution in [3.8, 4) is 6.07 Å². The number of carbonyl (C=O) groups is 2. The van der Waals surface area contributed by atoms with Crippen molar-refractivity contribution in [2.24, 2.45) is 17.1 Å². The van der Waals surface area contributed by atoms with Crippen LogP contribution >= 0.6 is 0 Å². The summed E-state index contributed by atoms with van der Waals surface area (Å²) >= 11 is 0. The molecule has 0 aromatic carbocycles. The minimum Gasteiger partial charge on any atom is -0.365 e. The Balaban J connectivity index is 1.32. The van der Waals surface area contributed by atoms with Crippen molar-refractivity contribution in [2.45, 2.75) is 75.8 Å². The molecule has 0 atom stereocenters. The Morgan fingerprint density at radius 2 is 1.90 bits per heavy atom.